The number of hydrogen-bond acceptors (Lipinski definition) is 3. The highest BCUT2D eigenvalue weighted by Crippen LogP contribution is 2.28. The van der Waals surface area contributed by atoms with Crippen LogP contribution in [0.4, 0.5) is 0 Å². The van der Waals surface area contributed by atoms with Gasteiger partial charge in [0.2, 0.25) is 10.0 Å². The summed E-state index contributed by atoms with van der Waals surface area (Å²) in [6.45, 7) is 4.80. The maximum atomic E-state index is 12.4. The first-order chi connectivity index (χ1) is 13.3. The number of sulfonamides is 1. The molecule has 5 nitrogen and oxygen atoms in total. The number of benzene rings is 2. The Bertz CT molecular complexity index is 1130. The van der Waals surface area contributed by atoms with Crippen LogP contribution in [-0.2, 0) is 23.0 Å². The fraction of sp³-hybridized carbons (Fsp3) is 0.286. The summed E-state index contributed by atoms with van der Waals surface area (Å²) in [4.78, 5) is 4.84. The molecular formula is C21H24ClN3O2S. The van der Waals surface area contributed by atoms with Crippen molar-refractivity contribution >= 4 is 43.8 Å². The second-order valence-electron chi connectivity index (χ2n) is 6.71. The average Bonchev–Trinajstić information content (AvgIpc) is 3.06. The minimum atomic E-state index is -3.52. The van der Waals surface area contributed by atoms with Gasteiger partial charge in [0.1, 0.15) is 0 Å². The fourth-order valence-electron chi connectivity index (χ4n) is 3.04. The van der Waals surface area contributed by atoms with E-state index in [9.17, 15) is 8.42 Å². The van der Waals surface area contributed by atoms with Crippen molar-refractivity contribution in [1.29, 1.82) is 0 Å². The maximum absolute atomic E-state index is 12.4. The van der Waals surface area contributed by atoms with E-state index in [2.05, 4.69) is 24.0 Å². The lowest BCUT2D eigenvalue weighted by atomic mass is 10.1. The molecule has 7 heteroatoms. The second kappa shape index (κ2) is 8.07. The van der Waals surface area contributed by atoms with Gasteiger partial charge in [-0.05, 0) is 48.7 Å². The smallest absolute Gasteiger partial charge is 0.242 e. The van der Waals surface area contributed by atoms with Crippen LogP contribution in [0.2, 0.25) is 0 Å². The van der Waals surface area contributed by atoms with E-state index < -0.39 is 10.0 Å². The van der Waals surface area contributed by atoms with Gasteiger partial charge < -0.3 is 4.57 Å². The van der Waals surface area contributed by atoms with Gasteiger partial charge in [0.05, 0.1) is 21.0 Å². The summed E-state index contributed by atoms with van der Waals surface area (Å²) in [6, 6.07) is 13.2. The third-order valence-corrected chi connectivity index (χ3v) is 6.80. The predicted octanol–water partition coefficient (Wildman–Crippen LogP) is 4.61. The molecule has 0 N–H and O–H groups in total. The van der Waals surface area contributed by atoms with E-state index in [1.54, 1.807) is 18.2 Å². The van der Waals surface area contributed by atoms with Crippen molar-refractivity contribution in [3.05, 3.63) is 59.4 Å². The Balaban J connectivity index is 2.08. The average molecular weight is 418 g/mol. The molecule has 0 aliphatic rings. The third kappa shape index (κ3) is 3.85. The number of hydrogen-bond donors (Lipinski definition) is 0. The minimum Gasteiger partial charge on any atom is -0.324 e. The highest BCUT2D eigenvalue weighted by Gasteiger charge is 2.20. The number of rotatable bonds is 6. The Morgan fingerprint density at radius 1 is 1.14 bits per heavy atom. The molecule has 0 radical (unpaired) electrons. The normalized spacial score (nSPS) is 12.9. The van der Waals surface area contributed by atoms with Gasteiger partial charge in [-0.3, -0.25) is 0 Å². The van der Waals surface area contributed by atoms with E-state index in [1.807, 2.05) is 29.7 Å². The third-order valence-electron chi connectivity index (χ3n) is 4.71. The molecule has 0 bridgehead atoms. The van der Waals surface area contributed by atoms with Crippen LogP contribution in [0.25, 0.3) is 22.1 Å². The molecule has 3 aromatic rings. The molecule has 1 heterocycles. The Hall–Kier alpha value is -2.15. The van der Waals surface area contributed by atoms with Crippen LogP contribution in [-0.4, -0.2) is 36.4 Å². The fourth-order valence-corrected chi connectivity index (χ4v) is 4.24. The Kier molecular flexibility index (Phi) is 5.93. The molecular weight excluding hydrogens is 394 g/mol. The largest absolute Gasteiger partial charge is 0.324 e. The number of aromatic nitrogens is 2. The summed E-state index contributed by atoms with van der Waals surface area (Å²) >= 11 is 6.60. The van der Waals surface area contributed by atoms with Gasteiger partial charge in [-0.2, -0.15) is 0 Å². The SMILES string of the molecule is CCc1ccc(C=C(Cl)c2nc3cc(S(=O)(=O)N(C)C)ccc3n2CC)cc1. The quantitative estimate of drug-likeness (QED) is 0.588. The lowest BCUT2D eigenvalue weighted by Crippen LogP contribution is -2.22. The lowest BCUT2D eigenvalue weighted by Gasteiger charge is -2.11. The van der Waals surface area contributed by atoms with Crippen molar-refractivity contribution in [3.63, 3.8) is 0 Å². The molecule has 0 saturated heterocycles. The summed E-state index contributed by atoms with van der Waals surface area (Å²) in [5.74, 6) is 0.623. The van der Waals surface area contributed by atoms with Gasteiger partial charge in [0.25, 0.3) is 0 Å². The van der Waals surface area contributed by atoms with Gasteiger partial charge in [-0.15, -0.1) is 0 Å². The van der Waals surface area contributed by atoms with E-state index in [4.69, 9.17) is 11.6 Å². The number of nitrogens with zero attached hydrogens (tertiary/aromatic N) is 3. The molecule has 0 amide bonds. The van der Waals surface area contributed by atoms with Crippen molar-refractivity contribution in [2.75, 3.05) is 14.1 Å². The maximum Gasteiger partial charge on any atom is 0.242 e. The summed E-state index contributed by atoms with van der Waals surface area (Å²) in [5, 5.41) is 0.513. The highest BCUT2D eigenvalue weighted by molar-refractivity contribution is 7.89. The number of aryl methyl sites for hydroxylation is 2. The topological polar surface area (TPSA) is 55.2 Å². The highest BCUT2D eigenvalue weighted by atomic mass is 35.5. The molecule has 28 heavy (non-hydrogen) atoms. The Labute approximate surface area is 171 Å². The monoisotopic (exact) mass is 417 g/mol. The first-order valence-electron chi connectivity index (χ1n) is 9.17. The van der Waals surface area contributed by atoms with Crippen molar-refractivity contribution in [2.45, 2.75) is 31.7 Å². The van der Waals surface area contributed by atoms with Crippen LogP contribution in [0.1, 0.15) is 30.8 Å². The molecule has 0 unspecified atom stereocenters. The van der Waals surface area contributed by atoms with Crippen LogP contribution in [0.15, 0.2) is 47.4 Å². The van der Waals surface area contributed by atoms with Gasteiger partial charge in [0, 0.05) is 20.6 Å². The molecule has 1 aromatic heterocycles. The van der Waals surface area contributed by atoms with Crippen LogP contribution in [0.5, 0.6) is 0 Å². The zero-order chi connectivity index (χ0) is 20.5. The molecule has 148 valence electrons. The number of halogens is 1. The molecule has 0 aliphatic heterocycles. The van der Waals surface area contributed by atoms with E-state index in [0.29, 0.717) is 22.9 Å². The standard InChI is InChI=1S/C21H24ClN3O2S/c1-5-15-7-9-16(10-8-15)13-18(22)21-23-19-14-17(28(26,27)24(3)4)11-12-20(19)25(21)6-2/h7-14H,5-6H2,1-4H3. The minimum absolute atomic E-state index is 0.215. The summed E-state index contributed by atoms with van der Waals surface area (Å²) in [6.07, 6.45) is 2.87. The number of fused-ring (bicyclic) bond motifs is 1. The van der Waals surface area contributed by atoms with E-state index in [-0.39, 0.29) is 4.90 Å². The molecule has 0 aliphatic carbocycles. The summed E-state index contributed by atoms with van der Waals surface area (Å²) < 4.78 is 28.0. The zero-order valence-corrected chi connectivity index (χ0v) is 18.0. The summed E-state index contributed by atoms with van der Waals surface area (Å²) in [7, 11) is -0.492. The molecule has 0 atom stereocenters. The van der Waals surface area contributed by atoms with Crippen LogP contribution in [0, 0.1) is 0 Å². The van der Waals surface area contributed by atoms with Crippen LogP contribution >= 0.6 is 11.6 Å². The molecule has 0 saturated carbocycles. The zero-order valence-electron chi connectivity index (χ0n) is 16.5. The summed E-state index contributed by atoms with van der Waals surface area (Å²) in [5.41, 5.74) is 3.72. The van der Waals surface area contributed by atoms with E-state index in [1.165, 1.54) is 24.0 Å². The molecule has 2 aromatic carbocycles. The Morgan fingerprint density at radius 2 is 1.82 bits per heavy atom. The lowest BCUT2D eigenvalue weighted by molar-refractivity contribution is 0.521. The first kappa shape index (κ1) is 20.6. The van der Waals surface area contributed by atoms with Crippen molar-refractivity contribution < 1.29 is 8.42 Å². The molecule has 3 rings (SSSR count). The van der Waals surface area contributed by atoms with Crippen molar-refractivity contribution in [3.8, 4) is 0 Å². The van der Waals surface area contributed by atoms with Gasteiger partial charge in [-0.1, -0.05) is 42.8 Å². The number of imidazole rings is 1. The predicted molar refractivity (Wildman–Crippen MR) is 116 cm³/mol. The van der Waals surface area contributed by atoms with Crippen molar-refractivity contribution in [2.24, 2.45) is 0 Å². The molecule has 0 spiro atoms. The van der Waals surface area contributed by atoms with Gasteiger partial charge in [0.15, 0.2) is 5.82 Å². The Morgan fingerprint density at radius 3 is 2.39 bits per heavy atom. The van der Waals surface area contributed by atoms with Gasteiger partial charge >= 0.3 is 0 Å². The first-order valence-corrected chi connectivity index (χ1v) is 11.0. The second-order valence-corrected chi connectivity index (χ2v) is 9.26. The molecule has 0 fully saturated rings. The van der Waals surface area contributed by atoms with E-state index >= 15 is 0 Å². The van der Waals surface area contributed by atoms with E-state index in [0.717, 1.165) is 17.5 Å². The van der Waals surface area contributed by atoms with Crippen molar-refractivity contribution in [1.82, 2.24) is 13.9 Å². The van der Waals surface area contributed by atoms with Crippen LogP contribution < -0.4 is 0 Å². The van der Waals surface area contributed by atoms with Crippen LogP contribution in [0.3, 0.4) is 0 Å². The van der Waals surface area contributed by atoms with Gasteiger partial charge in [-0.25, -0.2) is 17.7 Å².